The number of nitrogens with zero attached hydrogens (tertiary/aromatic N) is 1. The molecule has 5 heteroatoms. The van der Waals surface area contributed by atoms with Crippen molar-refractivity contribution in [3.63, 3.8) is 0 Å². The Bertz CT molecular complexity index is 480. The lowest BCUT2D eigenvalue weighted by Gasteiger charge is -2.38. The van der Waals surface area contributed by atoms with Crippen molar-refractivity contribution in [1.29, 1.82) is 0 Å². The van der Waals surface area contributed by atoms with Gasteiger partial charge in [0.05, 0.1) is 0 Å². The molecule has 2 N–H and O–H groups in total. The molecule has 1 aromatic rings. The molecule has 0 radical (unpaired) electrons. The Morgan fingerprint density at radius 1 is 1.24 bits per heavy atom. The van der Waals surface area contributed by atoms with Crippen LogP contribution in [0.25, 0.3) is 0 Å². The second-order valence-corrected chi connectivity index (χ2v) is 7.15. The van der Waals surface area contributed by atoms with Crippen LogP contribution >= 0.6 is 0 Å². The highest BCUT2D eigenvalue weighted by Crippen LogP contribution is 2.34. The molecule has 0 atom stereocenters. The second-order valence-electron chi connectivity index (χ2n) is 7.15. The minimum Gasteiger partial charge on any atom is -0.423 e. The standard InChI is InChI=1S/C16H25BFNO2/c1-16(2,3)13-6-8-19(9-7-13)11-12-4-5-15(18)14(10-12)17(20)21/h4-5,10,13,20-21H,6-9,11H2,1-3H3. The van der Waals surface area contributed by atoms with Crippen LogP contribution < -0.4 is 5.46 Å². The molecule has 116 valence electrons. The maximum absolute atomic E-state index is 13.4. The van der Waals surface area contributed by atoms with Crippen molar-refractivity contribution in [3.8, 4) is 0 Å². The first-order chi connectivity index (χ1) is 9.77. The SMILES string of the molecule is CC(C)(C)C1CCN(Cc2ccc(F)c(B(O)O)c2)CC1. The maximum atomic E-state index is 13.4. The molecule has 1 aromatic carbocycles. The smallest absolute Gasteiger partial charge is 0.423 e. The van der Waals surface area contributed by atoms with E-state index in [0.717, 1.165) is 31.1 Å². The molecular formula is C16H25BFNO2. The third-order valence-corrected chi connectivity index (χ3v) is 4.56. The van der Waals surface area contributed by atoms with Crippen LogP contribution in [0, 0.1) is 17.2 Å². The largest absolute Gasteiger partial charge is 0.491 e. The predicted molar refractivity (Wildman–Crippen MR) is 83.7 cm³/mol. The Kier molecular flexibility index (Phi) is 5.07. The summed E-state index contributed by atoms with van der Waals surface area (Å²) in [5, 5.41) is 18.3. The summed E-state index contributed by atoms with van der Waals surface area (Å²) in [6.07, 6.45) is 2.36. The molecule has 1 fully saturated rings. The summed E-state index contributed by atoms with van der Waals surface area (Å²) >= 11 is 0. The first-order valence-electron chi connectivity index (χ1n) is 7.64. The number of benzene rings is 1. The number of likely N-dealkylation sites (tertiary alicyclic amines) is 1. The second kappa shape index (κ2) is 6.47. The van der Waals surface area contributed by atoms with Crippen LogP contribution in [0.2, 0.25) is 0 Å². The topological polar surface area (TPSA) is 43.7 Å². The molecule has 0 saturated carbocycles. The van der Waals surface area contributed by atoms with Gasteiger partial charge in [0.25, 0.3) is 0 Å². The van der Waals surface area contributed by atoms with E-state index in [1.54, 1.807) is 12.1 Å². The van der Waals surface area contributed by atoms with E-state index < -0.39 is 12.9 Å². The van der Waals surface area contributed by atoms with E-state index in [4.69, 9.17) is 10.0 Å². The molecule has 0 amide bonds. The van der Waals surface area contributed by atoms with Crippen LogP contribution in [0.4, 0.5) is 4.39 Å². The number of hydrogen-bond donors (Lipinski definition) is 2. The molecule has 0 aromatic heterocycles. The van der Waals surface area contributed by atoms with E-state index in [0.29, 0.717) is 5.41 Å². The van der Waals surface area contributed by atoms with Crippen LogP contribution in [-0.4, -0.2) is 35.2 Å². The Morgan fingerprint density at radius 2 is 1.86 bits per heavy atom. The number of halogens is 1. The van der Waals surface area contributed by atoms with Gasteiger partial charge in [0, 0.05) is 12.0 Å². The minimum absolute atomic E-state index is 0.0444. The van der Waals surface area contributed by atoms with E-state index >= 15 is 0 Å². The average Bonchev–Trinajstić information content (AvgIpc) is 2.40. The lowest BCUT2D eigenvalue weighted by Crippen LogP contribution is -2.38. The lowest BCUT2D eigenvalue weighted by molar-refractivity contribution is 0.108. The molecule has 21 heavy (non-hydrogen) atoms. The van der Waals surface area contributed by atoms with E-state index in [1.165, 1.54) is 18.9 Å². The first kappa shape index (κ1) is 16.5. The summed E-state index contributed by atoms with van der Waals surface area (Å²) in [4.78, 5) is 2.35. The number of hydrogen-bond acceptors (Lipinski definition) is 3. The van der Waals surface area contributed by atoms with Gasteiger partial charge in [0.1, 0.15) is 5.82 Å². The van der Waals surface area contributed by atoms with Crippen LogP contribution in [0.5, 0.6) is 0 Å². The van der Waals surface area contributed by atoms with Crippen molar-refractivity contribution in [2.75, 3.05) is 13.1 Å². The molecule has 3 nitrogen and oxygen atoms in total. The zero-order valence-corrected chi connectivity index (χ0v) is 13.1. The van der Waals surface area contributed by atoms with Crippen molar-refractivity contribution >= 4 is 12.6 Å². The highest BCUT2D eigenvalue weighted by atomic mass is 19.1. The van der Waals surface area contributed by atoms with Crippen molar-refractivity contribution in [2.24, 2.45) is 11.3 Å². The van der Waals surface area contributed by atoms with E-state index in [2.05, 4.69) is 25.7 Å². The Hall–Kier alpha value is -0.905. The van der Waals surface area contributed by atoms with E-state index in [1.807, 2.05) is 0 Å². The maximum Gasteiger partial charge on any atom is 0.491 e. The predicted octanol–water partition coefficient (Wildman–Crippen LogP) is 1.76. The number of piperidine rings is 1. The minimum atomic E-state index is -1.75. The highest BCUT2D eigenvalue weighted by molar-refractivity contribution is 6.58. The van der Waals surface area contributed by atoms with Gasteiger partial charge in [-0.2, -0.15) is 0 Å². The van der Waals surface area contributed by atoms with E-state index in [-0.39, 0.29) is 5.46 Å². The van der Waals surface area contributed by atoms with Crippen molar-refractivity contribution in [2.45, 2.75) is 40.2 Å². The summed E-state index contributed by atoms with van der Waals surface area (Å²) in [6, 6.07) is 4.58. The average molecular weight is 293 g/mol. The Balaban J connectivity index is 1.96. The fraction of sp³-hybridized carbons (Fsp3) is 0.625. The molecule has 0 aliphatic carbocycles. The zero-order valence-electron chi connectivity index (χ0n) is 13.1. The van der Waals surface area contributed by atoms with Crippen molar-refractivity contribution < 1.29 is 14.4 Å². The van der Waals surface area contributed by atoms with Crippen LogP contribution in [0.3, 0.4) is 0 Å². The van der Waals surface area contributed by atoms with Crippen molar-refractivity contribution in [3.05, 3.63) is 29.6 Å². The third-order valence-electron chi connectivity index (χ3n) is 4.56. The summed E-state index contributed by atoms with van der Waals surface area (Å²) in [5.41, 5.74) is 1.24. The first-order valence-corrected chi connectivity index (χ1v) is 7.64. The van der Waals surface area contributed by atoms with Gasteiger partial charge in [-0.25, -0.2) is 4.39 Å². The lowest BCUT2D eigenvalue weighted by atomic mass is 9.75. The molecule has 0 unspecified atom stereocenters. The van der Waals surface area contributed by atoms with Gasteiger partial charge in [-0.15, -0.1) is 0 Å². The van der Waals surface area contributed by atoms with Gasteiger partial charge >= 0.3 is 7.12 Å². The quantitative estimate of drug-likeness (QED) is 0.835. The highest BCUT2D eigenvalue weighted by Gasteiger charge is 2.28. The van der Waals surface area contributed by atoms with Gasteiger partial charge in [-0.3, -0.25) is 4.90 Å². The molecule has 0 spiro atoms. The monoisotopic (exact) mass is 293 g/mol. The molecular weight excluding hydrogens is 268 g/mol. The Labute approximate surface area is 126 Å². The molecule has 0 bridgehead atoms. The van der Waals surface area contributed by atoms with Gasteiger partial charge < -0.3 is 10.0 Å². The zero-order chi connectivity index (χ0) is 15.6. The van der Waals surface area contributed by atoms with Gasteiger partial charge in [0.2, 0.25) is 0 Å². The third kappa shape index (κ3) is 4.28. The number of rotatable bonds is 3. The van der Waals surface area contributed by atoms with Gasteiger partial charge in [0.15, 0.2) is 0 Å². The molecule has 1 aliphatic rings. The normalized spacial score (nSPS) is 18.0. The molecule has 1 saturated heterocycles. The van der Waals surface area contributed by atoms with Crippen LogP contribution in [0.15, 0.2) is 18.2 Å². The molecule has 1 aliphatic heterocycles. The van der Waals surface area contributed by atoms with E-state index in [9.17, 15) is 4.39 Å². The summed E-state index contributed by atoms with van der Waals surface area (Å²) in [5.74, 6) is 0.178. The van der Waals surface area contributed by atoms with Crippen LogP contribution in [-0.2, 0) is 6.54 Å². The van der Waals surface area contributed by atoms with Crippen LogP contribution in [0.1, 0.15) is 39.2 Å². The fourth-order valence-electron chi connectivity index (χ4n) is 3.10. The summed E-state index contributed by atoms with van der Waals surface area (Å²) in [6.45, 7) is 9.69. The van der Waals surface area contributed by atoms with Crippen molar-refractivity contribution in [1.82, 2.24) is 4.90 Å². The summed E-state index contributed by atoms with van der Waals surface area (Å²) < 4.78 is 13.4. The van der Waals surface area contributed by atoms with Gasteiger partial charge in [-0.1, -0.05) is 32.9 Å². The van der Waals surface area contributed by atoms with Gasteiger partial charge in [-0.05, 0) is 48.9 Å². The molecule has 2 rings (SSSR count). The fourth-order valence-corrected chi connectivity index (χ4v) is 3.10. The molecule has 1 heterocycles. The Morgan fingerprint density at radius 3 is 2.38 bits per heavy atom. The summed E-state index contributed by atoms with van der Waals surface area (Å²) in [7, 11) is -1.75.